The van der Waals surface area contributed by atoms with Crippen molar-refractivity contribution in [3.05, 3.63) is 52.1 Å². The van der Waals surface area contributed by atoms with Crippen LogP contribution in [0.15, 0.2) is 36.4 Å². The maximum atomic E-state index is 12.0. The van der Waals surface area contributed by atoms with Crippen LogP contribution in [0, 0.1) is 27.9 Å². The van der Waals surface area contributed by atoms with Crippen molar-refractivity contribution in [3.8, 4) is 0 Å². The number of carbonyl (C=O) groups is 1. The van der Waals surface area contributed by atoms with Gasteiger partial charge in [0.15, 0.2) is 0 Å². The highest BCUT2D eigenvalue weighted by Crippen LogP contribution is 2.45. The summed E-state index contributed by atoms with van der Waals surface area (Å²) in [7, 11) is 0. The van der Waals surface area contributed by atoms with Crippen molar-refractivity contribution in [1.82, 2.24) is 0 Å². The van der Waals surface area contributed by atoms with Gasteiger partial charge < -0.3 is 0 Å². The van der Waals surface area contributed by atoms with E-state index >= 15 is 0 Å². The Morgan fingerprint density at radius 3 is 2.60 bits per heavy atom. The van der Waals surface area contributed by atoms with Gasteiger partial charge in [-0.15, -0.1) is 0 Å². The molecule has 0 aromatic heterocycles. The topological polar surface area (TPSA) is 60.2 Å². The van der Waals surface area contributed by atoms with Gasteiger partial charge in [0, 0.05) is 23.2 Å². The molecule has 3 aliphatic carbocycles. The van der Waals surface area contributed by atoms with E-state index in [1.165, 1.54) is 0 Å². The molecule has 104 valence electrons. The van der Waals surface area contributed by atoms with Crippen molar-refractivity contribution in [3.63, 3.8) is 0 Å². The van der Waals surface area contributed by atoms with Gasteiger partial charge in [0.25, 0.3) is 0 Å². The summed E-state index contributed by atoms with van der Waals surface area (Å²) in [5.41, 5.74) is 1.02. The largest absolute Gasteiger partial charge is 0.299 e. The van der Waals surface area contributed by atoms with Crippen LogP contribution in [-0.4, -0.2) is 16.7 Å². The normalized spacial score (nSPS) is 32.7. The van der Waals surface area contributed by atoms with Crippen LogP contribution in [0.4, 0.5) is 0 Å². The molecule has 0 saturated heterocycles. The summed E-state index contributed by atoms with van der Waals surface area (Å²) in [6, 6.07) is 9.13. The Labute approximate surface area is 117 Å². The Bertz CT molecular complexity index is 552. The van der Waals surface area contributed by atoms with Gasteiger partial charge in [0.05, 0.1) is 5.92 Å². The molecule has 0 aliphatic heterocycles. The van der Waals surface area contributed by atoms with E-state index in [9.17, 15) is 14.9 Å². The molecule has 3 saturated carbocycles. The monoisotopic (exact) mass is 271 g/mol. The number of benzene rings is 1. The molecule has 2 bridgehead atoms. The first-order valence-corrected chi connectivity index (χ1v) is 7.06. The van der Waals surface area contributed by atoms with Gasteiger partial charge in [-0.2, -0.15) is 0 Å². The molecular weight excluding hydrogens is 254 g/mol. The number of nitro groups is 1. The van der Waals surface area contributed by atoms with Gasteiger partial charge >= 0.3 is 0 Å². The highest BCUT2D eigenvalue weighted by atomic mass is 16.6. The van der Waals surface area contributed by atoms with Crippen molar-refractivity contribution in [2.45, 2.75) is 25.3 Å². The van der Waals surface area contributed by atoms with Crippen LogP contribution in [0.2, 0.25) is 0 Å². The zero-order chi connectivity index (χ0) is 14.1. The summed E-state index contributed by atoms with van der Waals surface area (Å²) in [5, 5.41) is 11.3. The van der Waals surface area contributed by atoms with E-state index in [0.717, 1.165) is 18.4 Å². The quantitative estimate of drug-likeness (QED) is 0.627. The lowest BCUT2D eigenvalue weighted by Gasteiger charge is -2.41. The summed E-state index contributed by atoms with van der Waals surface area (Å²) in [4.78, 5) is 23.1. The SMILES string of the molecule is O=C1C[C@@H]2CC[C@H]1[C@@H](C=Cc1ccccc1)[C@H]2[N+](=O)[O-]. The lowest BCUT2D eigenvalue weighted by Crippen LogP contribution is -2.51. The molecule has 1 aromatic rings. The van der Waals surface area contributed by atoms with E-state index in [1.807, 2.05) is 42.5 Å². The van der Waals surface area contributed by atoms with Crippen LogP contribution in [-0.2, 0) is 4.79 Å². The summed E-state index contributed by atoms with van der Waals surface area (Å²) in [6.45, 7) is 0. The number of hydrogen-bond acceptors (Lipinski definition) is 3. The first kappa shape index (κ1) is 13.0. The zero-order valence-electron chi connectivity index (χ0n) is 11.1. The number of Topliss-reactive ketones (excluding diaryl/α,β-unsaturated/α-hetero) is 1. The van der Waals surface area contributed by atoms with Crippen LogP contribution in [0.5, 0.6) is 0 Å². The fourth-order valence-corrected chi connectivity index (χ4v) is 3.66. The van der Waals surface area contributed by atoms with Crippen molar-refractivity contribution < 1.29 is 9.72 Å². The smallest absolute Gasteiger partial charge is 0.223 e. The van der Waals surface area contributed by atoms with Crippen LogP contribution in [0.25, 0.3) is 6.08 Å². The highest BCUT2D eigenvalue weighted by Gasteiger charge is 2.53. The summed E-state index contributed by atoms with van der Waals surface area (Å²) in [6.07, 6.45) is 5.81. The molecule has 3 fully saturated rings. The minimum Gasteiger partial charge on any atom is -0.299 e. The second kappa shape index (κ2) is 5.19. The Morgan fingerprint density at radius 1 is 1.20 bits per heavy atom. The summed E-state index contributed by atoms with van der Waals surface area (Å²) in [5.74, 6) is -0.268. The molecule has 0 amide bonds. The summed E-state index contributed by atoms with van der Waals surface area (Å²) >= 11 is 0. The lowest BCUT2D eigenvalue weighted by atomic mass is 9.61. The van der Waals surface area contributed by atoms with E-state index in [-0.39, 0.29) is 28.5 Å². The predicted octanol–water partition coefficient (Wildman–Crippen LogP) is 2.96. The van der Waals surface area contributed by atoms with Crippen molar-refractivity contribution in [1.29, 1.82) is 0 Å². The van der Waals surface area contributed by atoms with E-state index in [0.29, 0.717) is 6.42 Å². The number of nitrogens with zero attached hydrogens (tertiary/aromatic N) is 1. The Hall–Kier alpha value is -1.97. The molecule has 0 radical (unpaired) electrons. The number of ketones is 1. The van der Waals surface area contributed by atoms with Crippen LogP contribution < -0.4 is 0 Å². The fourth-order valence-electron chi connectivity index (χ4n) is 3.66. The van der Waals surface area contributed by atoms with Crippen molar-refractivity contribution in [2.24, 2.45) is 17.8 Å². The number of hydrogen-bond donors (Lipinski definition) is 0. The van der Waals surface area contributed by atoms with Gasteiger partial charge in [-0.05, 0) is 18.4 Å². The third kappa shape index (κ3) is 2.26. The first-order valence-electron chi connectivity index (χ1n) is 7.06. The molecule has 0 unspecified atom stereocenters. The van der Waals surface area contributed by atoms with E-state index in [1.54, 1.807) is 0 Å². The molecule has 1 aromatic carbocycles. The Morgan fingerprint density at radius 2 is 1.95 bits per heavy atom. The second-order valence-electron chi connectivity index (χ2n) is 5.74. The average molecular weight is 271 g/mol. The highest BCUT2D eigenvalue weighted by molar-refractivity contribution is 5.84. The third-order valence-electron chi connectivity index (χ3n) is 4.62. The third-order valence-corrected chi connectivity index (χ3v) is 4.62. The van der Waals surface area contributed by atoms with E-state index < -0.39 is 6.04 Å². The van der Waals surface area contributed by atoms with Crippen molar-refractivity contribution >= 4 is 11.9 Å². The maximum Gasteiger partial charge on any atom is 0.223 e. The molecule has 4 nitrogen and oxygen atoms in total. The van der Waals surface area contributed by atoms with Gasteiger partial charge in [0.2, 0.25) is 6.04 Å². The average Bonchev–Trinajstić information content (AvgIpc) is 2.45. The van der Waals surface area contributed by atoms with Crippen LogP contribution >= 0.6 is 0 Å². The minimum absolute atomic E-state index is 0.0760. The predicted molar refractivity (Wildman–Crippen MR) is 75.6 cm³/mol. The molecule has 20 heavy (non-hydrogen) atoms. The number of rotatable bonds is 3. The fraction of sp³-hybridized carbons (Fsp3) is 0.438. The van der Waals surface area contributed by atoms with Gasteiger partial charge in [-0.3, -0.25) is 14.9 Å². The molecule has 4 rings (SSSR count). The lowest BCUT2D eigenvalue weighted by molar-refractivity contribution is -0.545. The molecule has 4 heteroatoms. The zero-order valence-corrected chi connectivity index (χ0v) is 11.1. The summed E-state index contributed by atoms with van der Waals surface area (Å²) < 4.78 is 0. The van der Waals surface area contributed by atoms with E-state index in [4.69, 9.17) is 0 Å². The Kier molecular flexibility index (Phi) is 3.38. The number of carbonyl (C=O) groups excluding carboxylic acids is 1. The molecule has 0 heterocycles. The van der Waals surface area contributed by atoms with Crippen LogP contribution in [0.1, 0.15) is 24.8 Å². The molecule has 3 aliphatic rings. The molecule has 0 N–H and O–H groups in total. The molecular formula is C16H17NO3. The Balaban J connectivity index is 1.87. The standard InChI is InChI=1S/C16H17NO3/c18-15-10-12-7-9-13(15)14(16(12)17(19)20)8-6-11-4-2-1-3-5-11/h1-6,8,12-14,16H,7,9-10H2/t12-,13-,14+,16-/m0/s1. The number of fused-ring (bicyclic) bond motifs is 3. The van der Waals surface area contributed by atoms with Gasteiger partial charge in [-0.25, -0.2) is 0 Å². The maximum absolute atomic E-state index is 12.0. The minimum atomic E-state index is -0.591. The van der Waals surface area contributed by atoms with E-state index in [2.05, 4.69) is 0 Å². The van der Waals surface area contributed by atoms with Crippen molar-refractivity contribution in [2.75, 3.05) is 0 Å². The molecule has 0 spiro atoms. The first-order chi connectivity index (χ1) is 9.66. The second-order valence-corrected chi connectivity index (χ2v) is 5.74. The van der Waals surface area contributed by atoms with Gasteiger partial charge in [-0.1, -0.05) is 42.5 Å². The van der Waals surface area contributed by atoms with Gasteiger partial charge in [0.1, 0.15) is 5.78 Å². The van der Waals surface area contributed by atoms with Crippen LogP contribution in [0.3, 0.4) is 0 Å². The molecule has 4 atom stereocenters.